The van der Waals surface area contributed by atoms with E-state index in [0.29, 0.717) is 30.3 Å². The van der Waals surface area contributed by atoms with Gasteiger partial charge in [0.2, 0.25) is 5.91 Å². The third kappa shape index (κ3) is 3.46. The van der Waals surface area contributed by atoms with Crippen molar-refractivity contribution < 1.29 is 4.79 Å². The number of carbonyl (C=O) groups is 1. The summed E-state index contributed by atoms with van der Waals surface area (Å²) < 4.78 is 0. The molecule has 0 atom stereocenters. The number of rotatable bonds is 3. The van der Waals surface area contributed by atoms with E-state index in [1.165, 1.54) is 49.9 Å². The Balaban J connectivity index is 1.21. The maximum atomic E-state index is 12.5. The molecule has 1 spiro atoms. The molecule has 146 valence electrons. The highest BCUT2D eigenvalue weighted by Crippen LogP contribution is 2.41. The Labute approximate surface area is 167 Å². The maximum Gasteiger partial charge on any atom is 0.222 e. The van der Waals surface area contributed by atoms with Crippen molar-refractivity contribution in [2.45, 2.75) is 51.1 Å². The molecule has 2 aromatic rings. The first kappa shape index (κ1) is 17.9. The average Bonchev–Trinajstić information content (AvgIpc) is 3.16. The zero-order chi connectivity index (χ0) is 19.0. The number of piperidine rings is 2. The fourth-order valence-corrected chi connectivity index (χ4v) is 5.50. The fraction of sp³-hybridized carbons (Fsp3) is 0.500. The van der Waals surface area contributed by atoms with Crippen molar-refractivity contribution in [1.82, 2.24) is 14.8 Å². The number of hydrogen-bond acceptors (Lipinski definition) is 3. The third-order valence-corrected chi connectivity index (χ3v) is 7.23. The van der Waals surface area contributed by atoms with E-state index in [2.05, 4.69) is 39.0 Å². The monoisotopic (exact) mass is 375 g/mol. The minimum atomic E-state index is 0.296. The van der Waals surface area contributed by atoms with Crippen LogP contribution >= 0.6 is 0 Å². The Hall–Kier alpha value is -2.20. The number of hydrogen-bond donors (Lipinski definition) is 0. The van der Waals surface area contributed by atoms with Gasteiger partial charge in [-0.05, 0) is 73.9 Å². The number of nitrogens with zero attached hydrogens (tertiary/aromatic N) is 3. The largest absolute Gasteiger partial charge is 0.336 e. The Kier molecular flexibility index (Phi) is 4.67. The van der Waals surface area contributed by atoms with Crippen molar-refractivity contribution in [3.8, 4) is 0 Å². The Morgan fingerprint density at radius 2 is 1.68 bits per heavy atom. The summed E-state index contributed by atoms with van der Waals surface area (Å²) in [5.74, 6) is 0.296. The van der Waals surface area contributed by atoms with Gasteiger partial charge in [0.05, 0.1) is 12.2 Å². The Morgan fingerprint density at radius 1 is 0.964 bits per heavy atom. The molecule has 2 saturated heterocycles. The molecule has 1 aliphatic carbocycles. The van der Waals surface area contributed by atoms with Gasteiger partial charge in [0.15, 0.2) is 0 Å². The van der Waals surface area contributed by atoms with Gasteiger partial charge in [-0.25, -0.2) is 0 Å². The first-order valence-electron chi connectivity index (χ1n) is 10.7. The summed E-state index contributed by atoms with van der Waals surface area (Å²) >= 11 is 0. The Bertz CT molecular complexity index is 817. The van der Waals surface area contributed by atoms with Crippen LogP contribution in [0.5, 0.6) is 0 Å². The molecule has 1 amide bonds. The van der Waals surface area contributed by atoms with Crippen molar-refractivity contribution in [1.29, 1.82) is 0 Å². The van der Waals surface area contributed by atoms with Gasteiger partial charge >= 0.3 is 0 Å². The number of fused-ring (bicyclic) bond motifs is 1. The van der Waals surface area contributed by atoms with E-state index < -0.39 is 0 Å². The molecular formula is C24H29N3O. The summed E-state index contributed by atoms with van der Waals surface area (Å²) in [6, 6.07) is 15.6. The minimum absolute atomic E-state index is 0.296. The van der Waals surface area contributed by atoms with Crippen LogP contribution in [0.1, 0.15) is 42.5 Å². The predicted octanol–water partition coefficient (Wildman–Crippen LogP) is 3.45. The van der Waals surface area contributed by atoms with Crippen LogP contribution in [-0.4, -0.2) is 46.4 Å². The highest BCUT2D eigenvalue weighted by Gasteiger charge is 2.42. The molecule has 0 saturated carbocycles. The summed E-state index contributed by atoms with van der Waals surface area (Å²) in [5.41, 5.74) is 4.38. The van der Waals surface area contributed by atoms with Gasteiger partial charge in [-0.15, -0.1) is 0 Å². The molecule has 4 heteroatoms. The smallest absolute Gasteiger partial charge is 0.222 e. The van der Waals surface area contributed by atoms with Gasteiger partial charge < -0.3 is 4.90 Å². The van der Waals surface area contributed by atoms with E-state index in [9.17, 15) is 4.79 Å². The summed E-state index contributed by atoms with van der Waals surface area (Å²) in [6.07, 6.45) is 8.40. The SMILES string of the molecule is O=C1CCC2(CCN(C3Cc4ccccc4C3)CC2)CN1Cc1ccccn1. The molecular weight excluding hydrogens is 346 g/mol. The molecule has 2 aliphatic heterocycles. The molecule has 5 rings (SSSR count). The predicted molar refractivity (Wildman–Crippen MR) is 110 cm³/mol. The van der Waals surface area contributed by atoms with Gasteiger partial charge in [0.1, 0.15) is 0 Å². The number of pyridine rings is 1. The molecule has 0 radical (unpaired) electrons. The lowest BCUT2D eigenvalue weighted by Gasteiger charge is -2.48. The van der Waals surface area contributed by atoms with Crippen LogP contribution in [0.25, 0.3) is 0 Å². The van der Waals surface area contributed by atoms with Crippen molar-refractivity contribution in [3.05, 3.63) is 65.5 Å². The second-order valence-electron chi connectivity index (χ2n) is 8.94. The first-order chi connectivity index (χ1) is 13.7. The third-order valence-electron chi connectivity index (χ3n) is 7.23. The normalized spacial score (nSPS) is 22.6. The standard InChI is InChI=1S/C24H29N3O/c28-23-8-9-24(18-27(23)17-21-7-3-4-12-25-21)10-13-26(14-11-24)22-15-19-5-1-2-6-20(19)16-22/h1-7,12,22H,8-11,13-18H2. The maximum absolute atomic E-state index is 12.5. The second-order valence-corrected chi connectivity index (χ2v) is 8.94. The molecule has 0 N–H and O–H groups in total. The summed E-state index contributed by atoms with van der Waals surface area (Å²) in [7, 11) is 0. The molecule has 1 aromatic heterocycles. The van der Waals surface area contributed by atoms with Gasteiger partial charge in [-0.2, -0.15) is 0 Å². The highest BCUT2D eigenvalue weighted by atomic mass is 16.2. The van der Waals surface area contributed by atoms with Crippen LogP contribution in [0.3, 0.4) is 0 Å². The number of aromatic nitrogens is 1. The van der Waals surface area contributed by atoms with Gasteiger partial charge in [-0.1, -0.05) is 30.3 Å². The quantitative estimate of drug-likeness (QED) is 0.824. The topological polar surface area (TPSA) is 36.4 Å². The van der Waals surface area contributed by atoms with Crippen molar-refractivity contribution in [3.63, 3.8) is 0 Å². The van der Waals surface area contributed by atoms with E-state index in [0.717, 1.165) is 18.7 Å². The van der Waals surface area contributed by atoms with Crippen LogP contribution in [0.2, 0.25) is 0 Å². The lowest BCUT2D eigenvalue weighted by Crippen LogP contribution is -2.53. The molecule has 3 aliphatic rings. The van der Waals surface area contributed by atoms with Crippen molar-refractivity contribution in [2.24, 2.45) is 5.41 Å². The van der Waals surface area contributed by atoms with E-state index >= 15 is 0 Å². The molecule has 2 fully saturated rings. The van der Waals surface area contributed by atoms with E-state index in [4.69, 9.17) is 0 Å². The highest BCUT2D eigenvalue weighted by molar-refractivity contribution is 5.77. The minimum Gasteiger partial charge on any atom is -0.336 e. The fourth-order valence-electron chi connectivity index (χ4n) is 5.50. The van der Waals surface area contributed by atoms with Crippen molar-refractivity contribution in [2.75, 3.05) is 19.6 Å². The molecule has 28 heavy (non-hydrogen) atoms. The second kappa shape index (κ2) is 7.32. The first-order valence-corrected chi connectivity index (χ1v) is 10.7. The van der Waals surface area contributed by atoms with E-state index in [1.807, 2.05) is 24.4 Å². The number of benzene rings is 1. The number of carbonyl (C=O) groups excluding carboxylic acids is 1. The number of amides is 1. The number of likely N-dealkylation sites (tertiary alicyclic amines) is 2. The van der Waals surface area contributed by atoms with Crippen LogP contribution in [-0.2, 0) is 24.2 Å². The van der Waals surface area contributed by atoms with Gasteiger partial charge in [0, 0.05) is 25.2 Å². The summed E-state index contributed by atoms with van der Waals surface area (Å²) in [6.45, 7) is 3.90. The zero-order valence-electron chi connectivity index (χ0n) is 16.5. The van der Waals surface area contributed by atoms with E-state index in [1.54, 1.807) is 0 Å². The summed E-state index contributed by atoms with van der Waals surface area (Å²) in [4.78, 5) is 21.7. The molecule has 3 heterocycles. The molecule has 0 unspecified atom stereocenters. The Morgan fingerprint density at radius 3 is 2.36 bits per heavy atom. The van der Waals surface area contributed by atoms with Gasteiger partial charge in [-0.3, -0.25) is 14.7 Å². The zero-order valence-corrected chi connectivity index (χ0v) is 16.5. The summed E-state index contributed by atoms with van der Waals surface area (Å²) in [5, 5.41) is 0. The molecule has 1 aromatic carbocycles. The lowest BCUT2D eigenvalue weighted by atomic mass is 9.72. The van der Waals surface area contributed by atoms with E-state index in [-0.39, 0.29) is 0 Å². The molecule has 4 nitrogen and oxygen atoms in total. The van der Waals surface area contributed by atoms with Crippen LogP contribution in [0, 0.1) is 5.41 Å². The average molecular weight is 376 g/mol. The van der Waals surface area contributed by atoms with Crippen LogP contribution in [0.4, 0.5) is 0 Å². The van der Waals surface area contributed by atoms with Crippen LogP contribution < -0.4 is 0 Å². The van der Waals surface area contributed by atoms with Crippen LogP contribution in [0.15, 0.2) is 48.7 Å². The van der Waals surface area contributed by atoms with Gasteiger partial charge in [0.25, 0.3) is 0 Å². The lowest BCUT2D eigenvalue weighted by molar-refractivity contribution is -0.140. The molecule has 0 bridgehead atoms. The van der Waals surface area contributed by atoms with Crippen molar-refractivity contribution >= 4 is 5.91 Å².